The second kappa shape index (κ2) is 4.16. The Balaban J connectivity index is 1.83. The molecule has 1 aliphatic heterocycles. The first-order valence-corrected chi connectivity index (χ1v) is 6.61. The van der Waals surface area contributed by atoms with Gasteiger partial charge in [-0.1, -0.05) is 0 Å². The monoisotopic (exact) mass is 250 g/mol. The van der Waals surface area contributed by atoms with Crippen molar-refractivity contribution < 1.29 is 9.90 Å². The quantitative estimate of drug-likeness (QED) is 0.767. The number of carbonyl (C=O) groups is 1. The summed E-state index contributed by atoms with van der Waals surface area (Å²) in [5.41, 5.74) is 1.14. The first-order chi connectivity index (χ1) is 8.24. The lowest BCUT2D eigenvalue weighted by Crippen LogP contribution is -2.42. The Morgan fingerprint density at radius 3 is 3.12 bits per heavy atom. The molecule has 2 atom stereocenters. The third-order valence-corrected chi connectivity index (χ3v) is 4.50. The highest BCUT2D eigenvalue weighted by Crippen LogP contribution is 2.33. The fourth-order valence-corrected chi connectivity index (χ4v) is 3.52. The van der Waals surface area contributed by atoms with Crippen molar-refractivity contribution in [3.05, 3.63) is 23.2 Å². The summed E-state index contributed by atoms with van der Waals surface area (Å²) in [6.07, 6.45) is 4.65. The molecule has 0 aromatic carbocycles. The zero-order chi connectivity index (χ0) is 11.8. The van der Waals surface area contributed by atoms with Crippen LogP contribution in [-0.4, -0.2) is 22.1 Å². The van der Waals surface area contributed by atoms with E-state index >= 15 is 0 Å². The Morgan fingerprint density at radius 2 is 2.35 bits per heavy atom. The van der Waals surface area contributed by atoms with E-state index in [4.69, 9.17) is 5.11 Å². The molecule has 90 valence electrons. The molecular weight excluding hydrogens is 236 g/mol. The fourth-order valence-electron chi connectivity index (χ4n) is 2.40. The minimum atomic E-state index is -0.739. The van der Waals surface area contributed by atoms with Crippen molar-refractivity contribution in [2.75, 3.05) is 0 Å². The Hall–Kier alpha value is -1.33. The van der Waals surface area contributed by atoms with Crippen molar-refractivity contribution >= 4 is 27.5 Å². The molecule has 1 fully saturated rings. The lowest BCUT2D eigenvalue weighted by atomic mass is 9.97. The van der Waals surface area contributed by atoms with Crippen LogP contribution in [0.3, 0.4) is 0 Å². The van der Waals surface area contributed by atoms with E-state index in [1.54, 1.807) is 11.3 Å². The summed E-state index contributed by atoms with van der Waals surface area (Å²) in [6, 6.07) is 3.98. The molecule has 5 heteroatoms. The van der Waals surface area contributed by atoms with Crippen LogP contribution in [0.25, 0.3) is 10.2 Å². The summed E-state index contributed by atoms with van der Waals surface area (Å²) in [5, 5.41) is 12.3. The zero-order valence-corrected chi connectivity index (χ0v) is 10.1. The largest absolute Gasteiger partial charge is 0.480 e. The van der Waals surface area contributed by atoms with E-state index in [0.717, 1.165) is 24.8 Å². The maximum Gasteiger partial charge on any atom is 0.320 e. The molecule has 0 aliphatic carbocycles. The standard InChI is InChI=1S/C12H14N2O2S/c15-12(16)8-3-1-2-7(14-8)11-6-9-10(17-11)4-5-13-9/h4-8,13-14H,1-3H2,(H,15,16). The number of piperidine rings is 1. The van der Waals surface area contributed by atoms with Crippen molar-refractivity contribution in [1.29, 1.82) is 0 Å². The average molecular weight is 250 g/mol. The van der Waals surface area contributed by atoms with Crippen LogP contribution < -0.4 is 5.32 Å². The Labute approximate surface area is 103 Å². The maximum absolute atomic E-state index is 11.0. The number of nitrogens with one attached hydrogen (secondary N) is 2. The minimum absolute atomic E-state index is 0.190. The number of hydrogen-bond acceptors (Lipinski definition) is 3. The van der Waals surface area contributed by atoms with Gasteiger partial charge in [0.2, 0.25) is 0 Å². The van der Waals surface area contributed by atoms with Crippen LogP contribution in [0, 0.1) is 0 Å². The summed E-state index contributed by atoms with van der Waals surface area (Å²) in [7, 11) is 0. The van der Waals surface area contributed by atoms with Crippen LogP contribution in [-0.2, 0) is 4.79 Å². The van der Waals surface area contributed by atoms with Gasteiger partial charge >= 0.3 is 5.97 Å². The molecule has 2 aromatic heterocycles. The number of carboxylic acid groups (broad SMARTS) is 1. The minimum Gasteiger partial charge on any atom is -0.480 e. The number of aliphatic carboxylic acids is 1. The maximum atomic E-state index is 11.0. The molecule has 3 N–H and O–H groups in total. The number of hydrogen-bond donors (Lipinski definition) is 3. The molecule has 0 bridgehead atoms. The molecule has 4 nitrogen and oxygen atoms in total. The van der Waals surface area contributed by atoms with Crippen LogP contribution in [0.2, 0.25) is 0 Å². The number of rotatable bonds is 2. The molecule has 0 radical (unpaired) electrons. The normalized spacial score (nSPS) is 25.2. The molecule has 3 rings (SSSR count). The molecule has 17 heavy (non-hydrogen) atoms. The topological polar surface area (TPSA) is 65.1 Å². The van der Waals surface area contributed by atoms with E-state index in [0.29, 0.717) is 0 Å². The van der Waals surface area contributed by atoms with Crippen LogP contribution in [0.4, 0.5) is 0 Å². The smallest absolute Gasteiger partial charge is 0.320 e. The molecule has 0 amide bonds. The molecule has 2 aromatic rings. The molecule has 1 saturated heterocycles. The molecule has 2 unspecified atom stereocenters. The molecule has 1 aliphatic rings. The summed E-state index contributed by atoms with van der Waals surface area (Å²) >= 11 is 1.74. The predicted octanol–water partition coefficient (Wildman–Crippen LogP) is 2.50. The number of fused-ring (bicyclic) bond motifs is 1. The number of carboxylic acids is 1. The number of aromatic amines is 1. The van der Waals surface area contributed by atoms with E-state index in [1.165, 1.54) is 9.58 Å². The van der Waals surface area contributed by atoms with Crippen molar-refractivity contribution in [1.82, 2.24) is 10.3 Å². The van der Waals surface area contributed by atoms with Crippen LogP contribution in [0.1, 0.15) is 30.2 Å². The predicted molar refractivity (Wildman–Crippen MR) is 67.3 cm³/mol. The summed E-state index contributed by atoms with van der Waals surface area (Å²) < 4.78 is 1.24. The Bertz CT molecular complexity index is 517. The van der Waals surface area contributed by atoms with E-state index in [2.05, 4.69) is 22.4 Å². The second-order valence-electron chi connectivity index (χ2n) is 4.45. The Kier molecular flexibility index (Phi) is 2.64. The van der Waals surface area contributed by atoms with Gasteiger partial charge in [-0.15, -0.1) is 11.3 Å². The summed E-state index contributed by atoms with van der Waals surface area (Å²) in [6.45, 7) is 0. The summed E-state index contributed by atoms with van der Waals surface area (Å²) in [4.78, 5) is 15.4. The Morgan fingerprint density at radius 1 is 1.47 bits per heavy atom. The third kappa shape index (κ3) is 1.96. The molecule has 3 heterocycles. The van der Waals surface area contributed by atoms with E-state index < -0.39 is 12.0 Å². The number of aromatic nitrogens is 1. The van der Waals surface area contributed by atoms with Gasteiger partial charge in [-0.2, -0.15) is 0 Å². The van der Waals surface area contributed by atoms with Crippen LogP contribution >= 0.6 is 11.3 Å². The van der Waals surface area contributed by atoms with Crippen molar-refractivity contribution in [3.8, 4) is 0 Å². The van der Waals surface area contributed by atoms with Crippen molar-refractivity contribution in [2.45, 2.75) is 31.3 Å². The van der Waals surface area contributed by atoms with Gasteiger partial charge in [-0.3, -0.25) is 10.1 Å². The molecule has 0 saturated carbocycles. The molecule has 0 spiro atoms. The van der Waals surface area contributed by atoms with Gasteiger partial charge < -0.3 is 10.1 Å². The highest BCUT2D eigenvalue weighted by Gasteiger charge is 2.27. The van der Waals surface area contributed by atoms with Gasteiger partial charge in [0.25, 0.3) is 0 Å². The highest BCUT2D eigenvalue weighted by molar-refractivity contribution is 7.19. The van der Waals surface area contributed by atoms with Crippen molar-refractivity contribution in [3.63, 3.8) is 0 Å². The lowest BCUT2D eigenvalue weighted by molar-refractivity contribution is -0.140. The van der Waals surface area contributed by atoms with Gasteiger partial charge in [0.15, 0.2) is 0 Å². The van der Waals surface area contributed by atoms with Gasteiger partial charge in [0.1, 0.15) is 6.04 Å². The van der Waals surface area contributed by atoms with Gasteiger partial charge in [0.05, 0.1) is 10.2 Å². The first-order valence-electron chi connectivity index (χ1n) is 5.80. The highest BCUT2D eigenvalue weighted by atomic mass is 32.1. The second-order valence-corrected chi connectivity index (χ2v) is 5.56. The number of thiophene rings is 1. The molecular formula is C12H14N2O2S. The number of H-pyrrole nitrogens is 1. The average Bonchev–Trinajstić information content (AvgIpc) is 2.89. The lowest BCUT2D eigenvalue weighted by Gasteiger charge is -2.27. The van der Waals surface area contributed by atoms with Gasteiger partial charge in [-0.25, -0.2) is 0 Å². The van der Waals surface area contributed by atoms with E-state index in [-0.39, 0.29) is 6.04 Å². The van der Waals surface area contributed by atoms with E-state index in [9.17, 15) is 4.79 Å². The first kappa shape index (κ1) is 10.8. The van der Waals surface area contributed by atoms with Gasteiger partial charge in [-0.05, 0) is 31.4 Å². The fraction of sp³-hybridized carbons (Fsp3) is 0.417. The third-order valence-electron chi connectivity index (χ3n) is 3.28. The van der Waals surface area contributed by atoms with Crippen molar-refractivity contribution in [2.24, 2.45) is 0 Å². The van der Waals surface area contributed by atoms with Crippen LogP contribution in [0.5, 0.6) is 0 Å². The van der Waals surface area contributed by atoms with Crippen LogP contribution in [0.15, 0.2) is 18.3 Å². The SMILES string of the molecule is O=C(O)C1CCCC(c2cc3[nH]ccc3s2)N1. The zero-order valence-electron chi connectivity index (χ0n) is 9.27. The van der Waals surface area contributed by atoms with Gasteiger partial charge in [0, 0.05) is 17.1 Å². The summed E-state index contributed by atoms with van der Waals surface area (Å²) in [5.74, 6) is -0.739. The van der Waals surface area contributed by atoms with E-state index in [1.807, 2.05) is 6.20 Å².